The van der Waals surface area contributed by atoms with Crippen LogP contribution in [0.15, 0.2) is 42.6 Å². The maximum absolute atomic E-state index is 9.24. The maximum atomic E-state index is 9.24. The van der Waals surface area contributed by atoms with Crippen LogP contribution in [0.5, 0.6) is 5.75 Å². The molecule has 1 aliphatic carbocycles. The fourth-order valence-corrected chi connectivity index (χ4v) is 3.81. The van der Waals surface area contributed by atoms with Crippen molar-refractivity contribution in [1.82, 2.24) is 10.3 Å². The van der Waals surface area contributed by atoms with Gasteiger partial charge in [-0.15, -0.1) is 0 Å². The minimum atomic E-state index is 0.223. The summed E-state index contributed by atoms with van der Waals surface area (Å²) in [6.07, 6.45) is 5.99. The second-order valence-corrected chi connectivity index (χ2v) is 6.85. The van der Waals surface area contributed by atoms with E-state index in [1.165, 1.54) is 16.8 Å². The third kappa shape index (κ3) is 4.20. The summed E-state index contributed by atoms with van der Waals surface area (Å²) in [4.78, 5) is 4.69. The van der Waals surface area contributed by atoms with Gasteiger partial charge in [0.05, 0.1) is 18.8 Å². The summed E-state index contributed by atoms with van der Waals surface area (Å²) in [7, 11) is 1.69. The number of aliphatic hydroxyl groups is 1. The second-order valence-electron chi connectivity index (χ2n) is 6.85. The van der Waals surface area contributed by atoms with E-state index in [0.717, 1.165) is 31.4 Å². The summed E-state index contributed by atoms with van der Waals surface area (Å²) in [6, 6.07) is 12.9. The van der Waals surface area contributed by atoms with Gasteiger partial charge in [0.1, 0.15) is 5.75 Å². The Balaban J connectivity index is 1.80. The molecule has 3 atom stereocenters. The molecule has 4 nitrogen and oxygen atoms in total. The zero-order chi connectivity index (χ0) is 17.6. The number of fused-ring (bicyclic) bond motifs is 1. The average molecular weight is 340 g/mol. The Morgan fingerprint density at radius 3 is 2.80 bits per heavy atom. The van der Waals surface area contributed by atoms with Crippen molar-refractivity contribution < 1.29 is 9.84 Å². The molecule has 2 aromatic rings. The number of hydrogen-bond acceptors (Lipinski definition) is 4. The number of hydrogen-bond donors (Lipinski definition) is 2. The van der Waals surface area contributed by atoms with Crippen LogP contribution in [0.25, 0.3) is 0 Å². The monoisotopic (exact) mass is 340 g/mol. The lowest BCUT2D eigenvalue weighted by molar-refractivity contribution is 0.232. The highest BCUT2D eigenvalue weighted by atomic mass is 16.5. The highest BCUT2D eigenvalue weighted by molar-refractivity contribution is 5.30. The summed E-state index contributed by atoms with van der Waals surface area (Å²) in [6.45, 7) is 2.45. The molecule has 1 heterocycles. The molecule has 1 aliphatic rings. The molecule has 2 N–H and O–H groups in total. The van der Waals surface area contributed by atoms with Gasteiger partial charge in [-0.3, -0.25) is 4.98 Å². The standard InChI is InChI=1S/C21H28N2O2/c1-15(16-9-11-19(25-2)12-10-16)23-21-18(6-4-14-24)8-7-17-5-3-13-22-20(17)21/h3,5,9-13,15,18,21,23-24H,4,6-8,14H2,1-2H3/t15-,18?,21?/m0/s1. The van der Waals surface area contributed by atoms with Crippen LogP contribution in [-0.4, -0.2) is 23.8 Å². The third-order valence-corrected chi connectivity index (χ3v) is 5.25. The number of nitrogens with zero attached hydrogens (tertiary/aromatic N) is 1. The summed E-state index contributed by atoms with van der Waals surface area (Å²) in [5, 5.41) is 13.0. The van der Waals surface area contributed by atoms with Crippen LogP contribution in [0.3, 0.4) is 0 Å². The maximum Gasteiger partial charge on any atom is 0.118 e. The molecule has 2 unspecified atom stereocenters. The lowest BCUT2D eigenvalue weighted by Gasteiger charge is -2.35. The molecule has 25 heavy (non-hydrogen) atoms. The van der Waals surface area contributed by atoms with E-state index in [-0.39, 0.29) is 18.7 Å². The lowest BCUT2D eigenvalue weighted by Crippen LogP contribution is -2.35. The van der Waals surface area contributed by atoms with Crippen molar-refractivity contribution in [2.75, 3.05) is 13.7 Å². The normalized spacial score (nSPS) is 20.8. The third-order valence-electron chi connectivity index (χ3n) is 5.25. The van der Waals surface area contributed by atoms with Crippen LogP contribution < -0.4 is 10.1 Å². The SMILES string of the molecule is COc1ccc([C@H](C)NC2c3ncccc3CCC2CCCO)cc1. The molecule has 0 amide bonds. The minimum Gasteiger partial charge on any atom is -0.497 e. The average Bonchev–Trinajstić information content (AvgIpc) is 2.67. The molecule has 0 aliphatic heterocycles. The largest absolute Gasteiger partial charge is 0.497 e. The minimum absolute atomic E-state index is 0.223. The van der Waals surface area contributed by atoms with Crippen molar-refractivity contribution in [3.8, 4) is 5.75 Å². The van der Waals surface area contributed by atoms with Crippen molar-refractivity contribution in [2.45, 2.75) is 44.7 Å². The van der Waals surface area contributed by atoms with Gasteiger partial charge in [-0.05, 0) is 67.9 Å². The van der Waals surface area contributed by atoms with Crippen LogP contribution in [0.2, 0.25) is 0 Å². The molecule has 4 heteroatoms. The topological polar surface area (TPSA) is 54.4 Å². The summed E-state index contributed by atoms with van der Waals surface area (Å²) >= 11 is 0. The Morgan fingerprint density at radius 1 is 1.28 bits per heavy atom. The number of methoxy groups -OCH3 is 1. The smallest absolute Gasteiger partial charge is 0.118 e. The summed E-state index contributed by atoms with van der Waals surface area (Å²) in [5.41, 5.74) is 3.77. The first-order valence-corrected chi connectivity index (χ1v) is 9.17. The van der Waals surface area contributed by atoms with Gasteiger partial charge in [-0.25, -0.2) is 0 Å². The van der Waals surface area contributed by atoms with Gasteiger partial charge in [0.25, 0.3) is 0 Å². The molecular weight excluding hydrogens is 312 g/mol. The van der Waals surface area contributed by atoms with Crippen molar-refractivity contribution in [1.29, 1.82) is 0 Å². The number of aromatic nitrogens is 1. The highest BCUT2D eigenvalue weighted by Gasteiger charge is 2.31. The summed E-state index contributed by atoms with van der Waals surface area (Å²) < 4.78 is 5.25. The highest BCUT2D eigenvalue weighted by Crippen LogP contribution is 2.37. The quantitative estimate of drug-likeness (QED) is 0.804. The van der Waals surface area contributed by atoms with Gasteiger partial charge < -0.3 is 15.2 Å². The predicted octanol–water partition coefficient (Wildman–Crippen LogP) is 3.82. The van der Waals surface area contributed by atoms with Gasteiger partial charge in [0.2, 0.25) is 0 Å². The van der Waals surface area contributed by atoms with Crippen LogP contribution in [0.1, 0.15) is 55.1 Å². The molecule has 0 saturated heterocycles. The molecule has 134 valence electrons. The first-order chi connectivity index (χ1) is 12.2. The predicted molar refractivity (Wildman–Crippen MR) is 99.7 cm³/mol. The van der Waals surface area contributed by atoms with Gasteiger partial charge >= 0.3 is 0 Å². The van der Waals surface area contributed by atoms with E-state index in [2.05, 4.69) is 35.4 Å². The Hall–Kier alpha value is -1.91. The molecule has 0 spiro atoms. The number of rotatable bonds is 7. The van der Waals surface area contributed by atoms with E-state index < -0.39 is 0 Å². The number of aliphatic hydroxyl groups excluding tert-OH is 1. The van der Waals surface area contributed by atoms with Crippen LogP contribution in [0.4, 0.5) is 0 Å². The molecular formula is C21H28N2O2. The van der Waals surface area contributed by atoms with E-state index >= 15 is 0 Å². The molecule has 1 aromatic heterocycles. The van der Waals surface area contributed by atoms with Crippen molar-refractivity contribution in [2.24, 2.45) is 5.92 Å². The zero-order valence-electron chi connectivity index (χ0n) is 15.1. The van der Waals surface area contributed by atoms with E-state index in [9.17, 15) is 5.11 Å². The Morgan fingerprint density at radius 2 is 2.08 bits per heavy atom. The number of nitrogens with one attached hydrogen (secondary N) is 1. The van der Waals surface area contributed by atoms with Gasteiger partial charge in [-0.2, -0.15) is 0 Å². The number of ether oxygens (including phenoxy) is 1. The fourth-order valence-electron chi connectivity index (χ4n) is 3.81. The summed E-state index contributed by atoms with van der Waals surface area (Å²) in [5.74, 6) is 1.39. The van der Waals surface area contributed by atoms with E-state index in [4.69, 9.17) is 4.74 Å². The first kappa shape index (κ1) is 17.9. The molecule has 3 rings (SSSR count). The Kier molecular flexibility index (Phi) is 6.05. The van der Waals surface area contributed by atoms with Crippen LogP contribution in [-0.2, 0) is 6.42 Å². The number of aryl methyl sites for hydroxylation is 1. The van der Waals surface area contributed by atoms with Gasteiger partial charge in [0, 0.05) is 18.8 Å². The molecule has 0 radical (unpaired) electrons. The van der Waals surface area contributed by atoms with E-state index in [1.54, 1.807) is 7.11 Å². The molecule has 1 aromatic carbocycles. The van der Waals surface area contributed by atoms with Gasteiger partial charge in [0.15, 0.2) is 0 Å². The molecule has 0 saturated carbocycles. The second kappa shape index (κ2) is 8.45. The van der Waals surface area contributed by atoms with Gasteiger partial charge in [-0.1, -0.05) is 18.2 Å². The Bertz CT molecular complexity index is 672. The van der Waals surface area contributed by atoms with E-state index in [0.29, 0.717) is 5.92 Å². The van der Waals surface area contributed by atoms with Crippen molar-refractivity contribution in [3.05, 3.63) is 59.4 Å². The zero-order valence-corrected chi connectivity index (χ0v) is 15.1. The molecule has 0 bridgehead atoms. The van der Waals surface area contributed by atoms with Crippen LogP contribution in [0, 0.1) is 5.92 Å². The fraction of sp³-hybridized carbons (Fsp3) is 0.476. The number of benzene rings is 1. The van der Waals surface area contributed by atoms with Crippen molar-refractivity contribution in [3.63, 3.8) is 0 Å². The number of pyridine rings is 1. The van der Waals surface area contributed by atoms with Crippen LogP contribution >= 0.6 is 0 Å². The Labute approximate surface area is 150 Å². The molecule has 0 fully saturated rings. The van der Waals surface area contributed by atoms with E-state index in [1.807, 2.05) is 24.4 Å². The first-order valence-electron chi connectivity index (χ1n) is 9.17. The lowest BCUT2D eigenvalue weighted by atomic mass is 9.79. The van der Waals surface area contributed by atoms with Crippen molar-refractivity contribution >= 4 is 0 Å².